The monoisotopic (exact) mass is 455 g/mol. The Bertz CT molecular complexity index is 1030. The molecule has 27 heavy (non-hydrogen) atoms. The summed E-state index contributed by atoms with van der Waals surface area (Å²) < 4.78 is 7.66. The summed E-state index contributed by atoms with van der Waals surface area (Å²) >= 11 is 4.65. The Balaban J connectivity index is 2.03. The zero-order chi connectivity index (χ0) is 20.3. The molecular formula is C17H18BrN3O5S. The molecule has 0 saturated heterocycles. The number of thioether (sulfide) groups is 1. The number of nitrogens with two attached hydrogens (primary N) is 1. The average Bonchev–Trinajstić information content (AvgIpc) is 2.62. The highest BCUT2D eigenvalue weighted by molar-refractivity contribution is 9.10. The number of benzene rings is 1. The van der Waals surface area contributed by atoms with Crippen molar-refractivity contribution in [1.82, 2.24) is 9.13 Å². The van der Waals surface area contributed by atoms with Crippen LogP contribution >= 0.6 is 27.7 Å². The van der Waals surface area contributed by atoms with E-state index in [1.54, 1.807) is 0 Å². The Kier molecular flexibility index (Phi) is 6.66. The smallest absolute Gasteiger partial charge is 0.332 e. The van der Waals surface area contributed by atoms with Gasteiger partial charge in [-0.25, -0.2) is 4.79 Å². The van der Waals surface area contributed by atoms with Crippen LogP contribution in [0.1, 0.15) is 15.9 Å². The molecule has 0 fully saturated rings. The van der Waals surface area contributed by atoms with Crippen LogP contribution in [0.5, 0.6) is 0 Å². The van der Waals surface area contributed by atoms with E-state index in [1.807, 2.05) is 25.1 Å². The van der Waals surface area contributed by atoms with E-state index in [9.17, 15) is 19.2 Å². The number of halogens is 1. The Morgan fingerprint density at radius 2 is 1.89 bits per heavy atom. The van der Waals surface area contributed by atoms with E-state index in [0.29, 0.717) is 0 Å². The van der Waals surface area contributed by atoms with Gasteiger partial charge in [0.2, 0.25) is 5.78 Å². The molecule has 1 aromatic carbocycles. The van der Waals surface area contributed by atoms with Crippen LogP contribution in [0.3, 0.4) is 0 Å². The number of carbonyl (C=O) groups is 2. The van der Waals surface area contributed by atoms with Crippen LogP contribution in [0.4, 0.5) is 5.82 Å². The quantitative estimate of drug-likeness (QED) is 0.396. The number of anilines is 1. The largest absolute Gasteiger partial charge is 0.457 e. The van der Waals surface area contributed by atoms with Crippen molar-refractivity contribution in [3.8, 4) is 0 Å². The molecule has 0 amide bonds. The third kappa shape index (κ3) is 4.69. The summed E-state index contributed by atoms with van der Waals surface area (Å²) in [5.41, 5.74) is 4.86. The summed E-state index contributed by atoms with van der Waals surface area (Å²) in [5, 5.41) is 0. The van der Waals surface area contributed by atoms with Crippen LogP contribution < -0.4 is 17.0 Å². The van der Waals surface area contributed by atoms with Crippen molar-refractivity contribution in [2.24, 2.45) is 14.1 Å². The number of rotatable bonds is 6. The summed E-state index contributed by atoms with van der Waals surface area (Å²) in [6, 6.07) is 5.66. The fraction of sp³-hybridized carbons (Fsp3) is 0.294. The third-order valence-electron chi connectivity index (χ3n) is 3.84. The maximum absolute atomic E-state index is 12.3. The second kappa shape index (κ2) is 8.57. The Morgan fingerprint density at radius 1 is 1.22 bits per heavy atom. The summed E-state index contributed by atoms with van der Waals surface area (Å²) in [6.07, 6.45) is 0. The number of aryl methyl sites for hydroxylation is 1. The zero-order valence-corrected chi connectivity index (χ0v) is 17.3. The summed E-state index contributed by atoms with van der Waals surface area (Å²) in [7, 11) is 2.58. The number of aromatic nitrogens is 2. The van der Waals surface area contributed by atoms with Gasteiger partial charge in [0.15, 0.2) is 6.61 Å². The fourth-order valence-electron chi connectivity index (χ4n) is 2.29. The molecule has 0 atom stereocenters. The molecule has 0 bridgehead atoms. The first-order valence-electron chi connectivity index (χ1n) is 7.76. The standard InChI is InChI=1S/C17H18BrN3O5S/c1-9-6-10(18)4-5-12(9)27-8-13(23)26-7-11(22)14-15(19)20(2)17(25)21(3)16(14)24/h4-6H,7-8,19H2,1-3H3. The SMILES string of the molecule is Cc1cc(Br)ccc1SCC(=O)OCC(=O)c1c(N)n(C)c(=O)n(C)c1=O. The lowest BCUT2D eigenvalue weighted by Crippen LogP contribution is -2.42. The number of carbonyl (C=O) groups excluding carboxylic acids is 2. The van der Waals surface area contributed by atoms with Gasteiger partial charge in [-0.1, -0.05) is 15.9 Å². The van der Waals surface area contributed by atoms with Gasteiger partial charge >= 0.3 is 11.7 Å². The van der Waals surface area contributed by atoms with Crippen LogP contribution in [0.15, 0.2) is 37.2 Å². The number of ketones is 1. The molecule has 144 valence electrons. The first kappa shape index (κ1) is 21.0. The lowest BCUT2D eigenvalue weighted by molar-refractivity contribution is -0.139. The first-order chi connectivity index (χ1) is 12.6. The van der Waals surface area contributed by atoms with E-state index in [4.69, 9.17) is 10.5 Å². The van der Waals surface area contributed by atoms with Crippen molar-refractivity contribution < 1.29 is 14.3 Å². The van der Waals surface area contributed by atoms with Gasteiger partial charge in [0.1, 0.15) is 11.4 Å². The topological polar surface area (TPSA) is 113 Å². The molecule has 2 aromatic rings. The number of nitrogens with zero attached hydrogens (tertiary/aromatic N) is 2. The van der Waals surface area contributed by atoms with E-state index >= 15 is 0 Å². The van der Waals surface area contributed by atoms with E-state index in [0.717, 1.165) is 24.1 Å². The van der Waals surface area contributed by atoms with Crippen molar-refractivity contribution in [3.63, 3.8) is 0 Å². The maximum Gasteiger partial charge on any atom is 0.332 e. The van der Waals surface area contributed by atoms with Gasteiger partial charge in [-0.15, -0.1) is 11.8 Å². The molecule has 2 N–H and O–H groups in total. The summed E-state index contributed by atoms with van der Waals surface area (Å²) in [6.45, 7) is 1.29. The number of ether oxygens (including phenoxy) is 1. The van der Waals surface area contributed by atoms with E-state index < -0.39 is 29.6 Å². The van der Waals surface area contributed by atoms with Gasteiger partial charge in [-0.3, -0.25) is 23.5 Å². The molecule has 1 aromatic heterocycles. The minimum Gasteiger partial charge on any atom is -0.457 e. The second-order valence-electron chi connectivity index (χ2n) is 5.75. The van der Waals surface area contributed by atoms with Crippen LogP contribution in [0, 0.1) is 6.92 Å². The molecule has 8 nitrogen and oxygen atoms in total. The number of hydrogen-bond donors (Lipinski definition) is 1. The lowest BCUT2D eigenvalue weighted by atomic mass is 10.2. The van der Waals surface area contributed by atoms with Gasteiger partial charge in [-0.05, 0) is 30.7 Å². The van der Waals surface area contributed by atoms with Gasteiger partial charge < -0.3 is 10.5 Å². The molecule has 1 heterocycles. The Morgan fingerprint density at radius 3 is 2.52 bits per heavy atom. The number of Topliss-reactive ketones (excluding diaryl/α,β-unsaturated/α-hetero) is 1. The van der Waals surface area contributed by atoms with Crippen LogP contribution in [-0.4, -0.2) is 33.2 Å². The number of nitrogen functional groups attached to an aromatic ring is 1. The highest BCUT2D eigenvalue weighted by Crippen LogP contribution is 2.25. The number of hydrogen-bond acceptors (Lipinski definition) is 7. The third-order valence-corrected chi connectivity index (χ3v) is 5.48. The van der Waals surface area contributed by atoms with Gasteiger partial charge in [0.25, 0.3) is 5.56 Å². The molecule has 10 heteroatoms. The predicted octanol–water partition coefficient (Wildman–Crippen LogP) is 1.26. The molecule has 0 aliphatic rings. The average molecular weight is 456 g/mol. The van der Waals surface area contributed by atoms with E-state index in [-0.39, 0.29) is 17.1 Å². The van der Waals surface area contributed by atoms with Crippen molar-refractivity contribution in [1.29, 1.82) is 0 Å². The second-order valence-corrected chi connectivity index (χ2v) is 7.68. The van der Waals surface area contributed by atoms with Gasteiger partial charge in [0.05, 0.1) is 5.75 Å². The maximum atomic E-state index is 12.3. The molecule has 2 rings (SSSR count). The zero-order valence-electron chi connectivity index (χ0n) is 14.9. The predicted molar refractivity (Wildman–Crippen MR) is 106 cm³/mol. The highest BCUT2D eigenvalue weighted by atomic mass is 79.9. The molecule has 0 aliphatic heterocycles. The Labute approximate surface area is 167 Å². The van der Waals surface area contributed by atoms with Crippen LogP contribution in [0.2, 0.25) is 0 Å². The molecule has 0 radical (unpaired) electrons. The van der Waals surface area contributed by atoms with Gasteiger partial charge in [0, 0.05) is 23.5 Å². The Hall–Kier alpha value is -2.33. The van der Waals surface area contributed by atoms with Crippen molar-refractivity contribution in [2.75, 3.05) is 18.1 Å². The van der Waals surface area contributed by atoms with Crippen LogP contribution in [0.25, 0.3) is 0 Å². The first-order valence-corrected chi connectivity index (χ1v) is 9.54. The lowest BCUT2D eigenvalue weighted by Gasteiger charge is -2.11. The summed E-state index contributed by atoms with van der Waals surface area (Å²) in [5.74, 6) is -1.61. The minimum atomic E-state index is -0.823. The fourth-order valence-corrected chi connectivity index (χ4v) is 3.58. The number of esters is 1. The van der Waals surface area contributed by atoms with Gasteiger partial charge in [-0.2, -0.15) is 0 Å². The summed E-state index contributed by atoms with van der Waals surface area (Å²) in [4.78, 5) is 49.0. The van der Waals surface area contributed by atoms with E-state index in [2.05, 4.69) is 15.9 Å². The molecule has 0 spiro atoms. The highest BCUT2D eigenvalue weighted by Gasteiger charge is 2.21. The molecule has 0 aliphatic carbocycles. The van der Waals surface area contributed by atoms with Crippen molar-refractivity contribution in [2.45, 2.75) is 11.8 Å². The molecule has 0 unspecified atom stereocenters. The van der Waals surface area contributed by atoms with Crippen molar-refractivity contribution in [3.05, 3.63) is 54.6 Å². The van der Waals surface area contributed by atoms with Crippen LogP contribution in [-0.2, 0) is 23.6 Å². The van der Waals surface area contributed by atoms with E-state index in [1.165, 1.54) is 25.9 Å². The molecular weight excluding hydrogens is 438 g/mol. The minimum absolute atomic E-state index is 0.0104. The molecule has 0 saturated carbocycles. The van der Waals surface area contributed by atoms with Crippen molar-refractivity contribution >= 4 is 45.3 Å². The normalized spacial score (nSPS) is 10.7.